The molecule has 16 heavy (non-hydrogen) atoms. The van der Waals surface area contributed by atoms with Gasteiger partial charge < -0.3 is 10.1 Å². The van der Waals surface area contributed by atoms with Crippen LogP contribution in [0.15, 0.2) is 0 Å². The van der Waals surface area contributed by atoms with Crippen LogP contribution in [0.2, 0.25) is 0 Å². The molecule has 0 heterocycles. The van der Waals surface area contributed by atoms with Gasteiger partial charge in [-0.05, 0) is 26.2 Å². The second-order valence-electron chi connectivity index (χ2n) is 4.35. The SMILES string of the molecule is CCCS(=O)(=O)CCNC1CC(OCC)C1. The molecule has 1 rings (SSSR count). The first-order valence-corrected chi connectivity index (χ1v) is 7.95. The van der Waals surface area contributed by atoms with Gasteiger partial charge in [-0.15, -0.1) is 0 Å². The molecule has 0 spiro atoms. The molecule has 1 fully saturated rings. The van der Waals surface area contributed by atoms with Crippen molar-refractivity contribution in [3.8, 4) is 0 Å². The minimum atomic E-state index is -2.83. The molecule has 1 saturated carbocycles. The Labute approximate surface area is 98.7 Å². The number of hydrogen-bond acceptors (Lipinski definition) is 4. The van der Waals surface area contributed by atoms with Gasteiger partial charge in [0.2, 0.25) is 0 Å². The van der Waals surface area contributed by atoms with Gasteiger partial charge in [-0.1, -0.05) is 6.92 Å². The molecule has 0 aromatic carbocycles. The lowest BCUT2D eigenvalue weighted by atomic mass is 9.89. The maximum Gasteiger partial charge on any atom is 0.151 e. The summed E-state index contributed by atoms with van der Waals surface area (Å²) >= 11 is 0. The van der Waals surface area contributed by atoms with Gasteiger partial charge >= 0.3 is 0 Å². The molecular weight excluding hydrogens is 226 g/mol. The van der Waals surface area contributed by atoms with E-state index >= 15 is 0 Å². The Balaban J connectivity index is 2.05. The molecule has 1 N–H and O–H groups in total. The van der Waals surface area contributed by atoms with Gasteiger partial charge in [0.1, 0.15) is 0 Å². The van der Waals surface area contributed by atoms with E-state index in [-0.39, 0.29) is 5.75 Å². The van der Waals surface area contributed by atoms with E-state index in [1.807, 2.05) is 13.8 Å². The van der Waals surface area contributed by atoms with Crippen LogP contribution in [0.5, 0.6) is 0 Å². The molecule has 0 aromatic rings. The smallest absolute Gasteiger partial charge is 0.151 e. The standard InChI is InChI=1S/C11H23NO3S/c1-3-6-16(13,14)7-5-12-10-8-11(9-10)15-4-2/h10-12H,3-9H2,1-2H3. The molecular formula is C11H23NO3S. The lowest BCUT2D eigenvalue weighted by molar-refractivity contribution is -0.00930. The zero-order valence-electron chi connectivity index (χ0n) is 10.2. The first-order valence-electron chi connectivity index (χ1n) is 6.12. The summed E-state index contributed by atoms with van der Waals surface area (Å²) < 4.78 is 28.3. The highest BCUT2D eigenvalue weighted by Crippen LogP contribution is 2.22. The van der Waals surface area contributed by atoms with Crippen molar-refractivity contribution in [1.82, 2.24) is 5.32 Å². The molecule has 96 valence electrons. The molecule has 0 bridgehead atoms. The van der Waals surface area contributed by atoms with Crippen molar-refractivity contribution < 1.29 is 13.2 Å². The Hall–Kier alpha value is -0.130. The molecule has 0 aliphatic heterocycles. The van der Waals surface area contributed by atoms with Crippen molar-refractivity contribution in [3.63, 3.8) is 0 Å². The lowest BCUT2D eigenvalue weighted by Gasteiger charge is -2.35. The highest BCUT2D eigenvalue weighted by atomic mass is 32.2. The zero-order valence-corrected chi connectivity index (χ0v) is 11.1. The van der Waals surface area contributed by atoms with E-state index in [4.69, 9.17) is 4.74 Å². The van der Waals surface area contributed by atoms with Crippen molar-refractivity contribution in [1.29, 1.82) is 0 Å². The van der Waals surface area contributed by atoms with Gasteiger partial charge in [-0.3, -0.25) is 0 Å². The van der Waals surface area contributed by atoms with Gasteiger partial charge in [0, 0.05) is 24.9 Å². The van der Waals surface area contributed by atoms with Crippen molar-refractivity contribution in [2.24, 2.45) is 0 Å². The third-order valence-electron chi connectivity index (χ3n) is 2.86. The maximum absolute atomic E-state index is 11.4. The van der Waals surface area contributed by atoms with Gasteiger partial charge in [0.25, 0.3) is 0 Å². The molecule has 0 atom stereocenters. The second-order valence-corrected chi connectivity index (χ2v) is 6.66. The van der Waals surface area contributed by atoms with Crippen molar-refractivity contribution >= 4 is 9.84 Å². The predicted molar refractivity (Wildman–Crippen MR) is 65.4 cm³/mol. The molecule has 5 heteroatoms. The molecule has 0 amide bonds. The minimum absolute atomic E-state index is 0.261. The zero-order chi connectivity index (χ0) is 12.0. The van der Waals surface area contributed by atoms with E-state index in [9.17, 15) is 8.42 Å². The fraction of sp³-hybridized carbons (Fsp3) is 1.00. The fourth-order valence-corrected chi connectivity index (χ4v) is 3.19. The van der Waals surface area contributed by atoms with Gasteiger partial charge in [-0.2, -0.15) is 0 Å². The normalized spacial score (nSPS) is 25.4. The van der Waals surface area contributed by atoms with Crippen LogP contribution >= 0.6 is 0 Å². The number of ether oxygens (including phenoxy) is 1. The summed E-state index contributed by atoms with van der Waals surface area (Å²) in [5, 5.41) is 3.26. The van der Waals surface area contributed by atoms with E-state index in [1.165, 1.54) is 0 Å². The molecule has 0 radical (unpaired) electrons. The summed E-state index contributed by atoms with van der Waals surface area (Å²) in [6.45, 7) is 5.23. The fourth-order valence-electron chi connectivity index (χ4n) is 1.94. The third kappa shape index (κ3) is 4.80. The Morgan fingerprint density at radius 2 is 1.94 bits per heavy atom. The third-order valence-corrected chi connectivity index (χ3v) is 4.71. The largest absolute Gasteiger partial charge is 0.378 e. The molecule has 0 aromatic heterocycles. The van der Waals surface area contributed by atoms with Gasteiger partial charge in [0.05, 0.1) is 11.9 Å². The van der Waals surface area contributed by atoms with Crippen LogP contribution < -0.4 is 5.32 Å². The van der Waals surface area contributed by atoms with Crippen LogP contribution in [-0.2, 0) is 14.6 Å². The average Bonchev–Trinajstić information content (AvgIpc) is 2.13. The maximum atomic E-state index is 11.4. The van der Waals surface area contributed by atoms with Crippen LogP contribution in [0.1, 0.15) is 33.1 Å². The summed E-state index contributed by atoms with van der Waals surface area (Å²) in [6.07, 6.45) is 3.12. The Morgan fingerprint density at radius 3 is 2.50 bits per heavy atom. The summed E-state index contributed by atoms with van der Waals surface area (Å²) in [4.78, 5) is 0. The predicted octanol–water partition coefficient (Wildman–Crippen LogP) is 0.968. The quantitative estimate of drug-likeness (QED) is 0.696. The van der Waals surface area contributed by atoms with E-state index in [2.05, 4.69) is 5.32 Å². The average molecular weight is 249 g/mol. The summed E-state index contributed by atoms with van der Waals surface area (Å²) in [7, 11) is -2.83. The van der Waals surface area contributed by atoms with Gasteiger partial charge in [-0.25, -0.2) is 8.42 Å². The number of rotatable bonds is 8. The van der Waals surface area contributed by atoms with Crippen molar-refractivity contribution in [3.05, 3.63) is 0 Å². The number of hydrogen-bond donors (Lipinski definition) is 1. The first-order chi connectivity index (χ1) is 7.57. The van der Waals surface area contributed by atoms with E-state index in [0.717, 1.165) is 19.4 Å². The van der Waals surface area contributed by atoms with Crippen LogP contribution in [0.3, 0.4) is 0 Å². The molecule has 1 aliphatic carbocycles. The van der Waals surface area contributed by atoms with Crippen LogP contribution in [0, 0.1) is 0 Å². The van der Waals surface area contributed by atoms with Crippen LogP contribution in [0.25, 0.3) is 0 Å². The van der Waals surface area contributed by atoms with E-state index < -0.39 is 9.84 Å². The Morgan fingerprint density at radius 1 is 1.25 bits per heavy atom. The highest BCUT2D eigenvalue weighted by molar-refractivity contribution is 7.91. The highest BCUT2D eigenvalue weighted by Gasteiger charge is 2.28. The number of nitrogens with one attached hydrogen (secondary N) is 1. The van der Waals surface area contributed by atoms with Gasteiger partial charge in [0.15, 0.2) is 9.84 Å². The summed E-state index contributed by atoms with van der Waals surface area (Å²) in [6, 6.07) is 0.452. The van der Waals surface area contributed by atoms with Crippen molar-refractivity contribution in [2.75, 3.05) is 24.7 Å². The molecule has 4 nitrogen and oxygen atoms in total. The molecule has 0 unspecified atom stereocenters. The Kier molecular flexibility index (Phi) is 5.72. The second kappa shape index (κ2) is 6.57. The Bertz CT molecular complexity index is 284. The van der Waals surface area contributed by atoms with Crippen molar-refractivity contribution in [2.45, 2.75) is 45.3 Å². The molecule has 0 saturated heterocycles. The first kappa shape index (κ1) is 13.9. The minimum Gasteiger partial charge on any atom is -0.378 e. The lowest BCUT2D eigenvalue weighted by Crippen LogP contribution is -2.46. The van der Waals surface area contributed by atoms with Crippen LogP contribution in [-0.4, -0.2) is 45.2 Å². The van der Waals surface area contributed by atoms with Crippen LogP contribution in [0.4, 0.5) is 0 Å². The van der Waals surface area contributed by atoms with E-state index in [0.29, 0.717) is 30.9 Å². The topological polar surface area (TPSA) is 55.4 Å². The summed E-state index contributed by atoms with van der Waals surface area (Å²) in [5.41, 5.74) is 0. The monoisotopic (exact) mass is 249 g/mol. The number of sulfone groups is 1. The summed E-state index contributed by atoms with van der Waals surface area (Å²) in [5.74, 6) is 0.567. The molecule has 1 aliphatic rings. The van der Waals surface area contributed by atoms with E-state index in [1.54, 1.807) is 0 Å².